The highest BCUT2D eigenvalue weighted by Crippen LogP contribution is 2.39. The normalized spacial score (nSPS) is 10.1. The monoisotopic (exact) mass is 438 g/mol. The zero-order valence-corrected chi connectivity index (χ0v) is 16.5. The molecule has 0 aliphatic rings. The van der Waals surface area contributed by atoms with Crippen LogP contribution in [0, 0.1) is 0 Å². The summed E-state index contributed by atoms with van der Waals surface area (Å²) in [6.45, 7) is 0.354. The number of nitrogens with zero attached hydrogens (tertiary/aromatic N) is 4. The summed E-state index contributed by atoms with van der Waals surface area (Å²) in [5.41, 5.74) is 11.1. The molecular formula is C20H15BrN4O3. The Labute approximate surface area is 169 Å². The van der Waals surface area contributed by atoms with Crippen LogP contribution in [-0.4, -0.2) is 18.1 Å². The van der Waals surface area contributed by atoms with E-state index in [-0.39, 0.29) is 11.3 Å². The number of benzene rings is 2. The largest absolute Gasteiger partial charge is 0.488 e. The number of carbonyl (C=O) groups is 1. The van der Waals surface area contributed by atoms with E-state index in [1.807, 2.05) is 42.5 Å². The van der Waals surface area contributed by atoms with Gasteiger partial charge in [0, 0.05) is 10.5 Å². The molecule has 0 spiro atoms. The molecule has 8 heteroatoms. The number of hydrogen-bond donors (Lipinski definition) is 0. The first kappa shape index (κ1) is 19.4. The Morgan fingerprint density at radius 3 is 2.61 bits per heavy atom. The second-order valence-electron chi connectivity index (χ2n) is 5.64. The van der Waals surface area contributed by atoms with E-state index in [0.29, 0.717) is 28.2 Å². The van der Waals surface area contributed by atoms with E-state index in [0.717, 1.165) is 5.56 Å². The Bertz CT molecular complexity index is 1050. The molecule has 140 valence electrons. The van der Waals surface area contributed by atoms with Gasteiger partial charge in [-0.15, -0.1) is 0 Å². The molecule has 0 bridgehead atoms. The van der Waals surface area contributed by atoms with Crippen molar-refractivity contribution in [1.29, 1.82) is 0 Å². The van der Waals surface area contributed by atoms with Crippen LogP contribution in [0.15, 0.2) is 70.4 Å². The topological polar surface area (TPSA) is 97.2 Å². The lowest BCUT2D eigenvalue weighted by molar-refractivity contribution is 0.0601. The minimum absolute atomic E-state index is 0.0771. The van der Waals surface area contributed by atoms with Gasteiger partial charge in [-0.2, -0.15) is 0 Å². The van der Waals surface area contributed by atoms with E-state index in [1.165, 1.54) is 13.2 Å². The molecule has 0 N–H and O–H groups in total. The highest BCUT2D eigenvalue weighted by Gasteiger charge is 2.20. The van der Waals surface area contributed by atoms with Crippen molar-refractivity contribution in [3.63, 3.8) is 0 Å². The highest BCUT2D eigenvalue weighted by molar-refractivity contribution is 9.10. The Morgan fingerprint density at radius 1 is 1.18 bits per heavy atom. The lowest BCUT2D eigenvalue weighted by Crippen LogP contribution is -2.04. The van der Waals surface area contributed by atoms with E-state index in [9.17, 15) is 4.79 Å². The number of hydrogen-bond acceptors (Lipinski definition) is 5. The van der Waals surface area contributed by atoms with Crippen LogP contribution in [0.4, 0.5) is 5.69 Å². The smallest absolute Gasteiger partial charge is 0.338 e. The van der Waals surface area contributed by atoms with Gasteiger partial charge in [0.1, 0.15) is 17.0 Å². The third kappa shape index (κ3) is 4.31. The van der Waals surface area contributed by atoms with Gasteiger partial charge in [0.25, 0.3) is 0 Å². The zero-order valence-electron chi connectivity index (χ0n) is 14.9. The highest BCUT2D eigenvalue weighted by atomic mass is 79.9. The number of carbonyl (C=O) groups excluding carboxylic acids is 1. The van der Waals surface area contributed by atoms with Crippen LogP contribution in [0.25, 0.3) is 21.7 Å². The summed E-state index contributed by atoms with van der Waals surface area (Å²) in [6, 6.07) is 18.4. The van der Waals surface area contributed by atoms with Crippen molar-refractivity contribution < 1.29 is 14.3 Å². The number of halogens is 1. The fourth-order valence-electron chi connectivity index (χ4n) is 2.63. The van der Waals surface area contributed by atoms with Crippen molar-refractivity contribution >= 4 is 27.6 Å². The number of rotatable bonds is 6. The number of para-hydroxylation sites is 1. The van der Waals surface area contributed by atoms with Gasteiger partial charge in [-0.25, -0.2) is 9.78 Å². The van der Waals surface area contributed by atoms with Crippen LogP contribution >= 0.6 is 15.9 Å². The van der Waals surface area contributed by atoms with E-state index in [2.05, 4.69) is 30.9 Å². The summed E-state index contributed by atoms with van der Waals surface area (Å²) in [5, 5.41) is 3.69. The second-order valence-corrected chi connectivity index (χ2v) is 6.45. The lowest BCUT2D eigenvalue weighted by Gasteiger charge is -2.14. The van der Waals surface area contributed by atoms with E-state index >= 15 is 0 Å². The van der Waals surface area contributed by atoms with Gasteiger partial charge in [0.15, 0.2) is 0 Å². The number of aromatic nitrogens is 1. The molecular weight excluding hydrogens is 424 g/mol. The summed E-state index contributed by atoms with van der Waals surface area (Å²) < 4.78 is 11.2. The van der Waals surface area contributed by atoms with E-state index in [4.69, 9.17) is 15.0 Å². The summed E-state index contributed by atoms with van der Waals surface area (Å²) in [5.74, 6) is -0.0865. The molecule has 0 saturated carbocycles. The number of pyridine rings is 1. The third-order valence-corrected chi connectivity index (χ3v) is 4.30. The van der Waals surface area contributed by atoms with Crippen molar-refractivity contribution in [3.05, 3.63) is 86.8 Å². The first-order valence-corrected chi connectivity index (χ1v) is 9.03. The van der Waals surface area contributed by atoms with Crippen molar-refractivity contribution in [2.75, 3.05) is 7.11 Å². The summed E-state index contributed by atoms with van der Waals surface area (Å²) >= 11 is 3.30. The average molecular weight is 439 g/mol. The van der Waals surface area contributed by atoms with Crippen LogP contribution in [0.1, 0.15) is 15.9 Å². The Hall–Kier alpha value is -3.35. The van der Waals surface area contributed by atoms with E-state index in [1.54, 1.807) is 12.1 Å². The zero-order chi connectivity index (χ0) is 19.9. The Morgan fingerprint density at radius 2 is 1.89 bits per heavy atom. The van der Waals surface area contributed by atoms with Crippen LogP contribution < -0.4 is 4.74 Å². The standard InChI is InChI=1S/C20H15BrN4O3/c1-27-20(26)15-11-17(21)23-18(19(15)24-25-22)14-9-5-6-10-16(14)28-12-13-7-3-2-4-8-13/h2-11H,12H2,1H3. The predicted molar refractivity (Wildman–Crippen MR) is 108 cm³/mol. The van der Waals surface area contributed by atoms with Crippen molar-refractivity contribution in [1.82, 2.24) is 4.98 Å². The molecule has 0 fully saturated rings. The fraction of sp³-hybridized carbons (Fsp3) is 0.100. The summed E-state index contributed by atoms with van der Waals surface area (Å²) in [6.07, 6.45) is 0. The van der Waals surface area contributed by atoms with Gasteiger partial charge in [-0.1, -0.05) is 47.6 Å². The van der Waals surface area contributed by atoms with Crippen LogP contribution in [0.3, 0.4) is 0 Å². The molecule has 2 aromatic carbocycles. The van der Waals surface area contributed by atoms with Gasteiger partial charge in [-0.05, 0) is 45.2 Å². The van der Waals surface area contributed by atoms with Gasteiger partial charge in [0.05, 0.1) is 24.1 Å². The predicted octanol–water partition coefficient (Wildman–Crippen LogP) is 5.82. The molecule has 0 aliphatic heterocycles. The van der Waals surface area contributed by atoms with Gasteiger partial charge in [0.2, 0.25) is 0 Å². The van der Waals surface area contributed by atoms with Gasteiger partial charge >= 0.3 is 5.97 Å². The molecule has 0 saturated heterocycles. The first-order valence-electron chi connectivity index (χ1n) is 8.24. The minimum atomic E-state index is -0.630. The van der Waals surface area contributed by atoms with Gasteiger partial charge < -0.3 is 9.47 Å². The van der Waals surface area contributed by atoms with Crippen LogP contribution in [-0.2, 0) is 11.3 Å². The van der Waals surface area contributed by atoms with Crippen molar-refractivity contribution in [2.45, 2.75) is 6.61 Å². The molecule has 0 unspecified atom stereocenters. The Kier molecular flexibility index (Phi) is 6.26. The molecule has 0 atom stereocenters. The maximum atomic E-state index is 12.2. The first-order chi connectivity index (χ1) is 13.6. The number of azide groups is 1. The number of ether oxygens (including phenoxy) is 2. The Balaban J connectivity index is 2.09. The maximum absolute atomic E-state index is 12.2. The minimum Gasteiger partial charge on any atom is -0.488 e. The summed E-state index contributed by atoms with van der Waals surface area (Å²) in [7, 11) is 1.26. The van der Waals surface area contributed by atoms with E-state index < -0.39 is 5.97 Å². The molecule has 1 heterocycles. The number of esters is 1. The molecule has 3 rings (SSSR count). The number of methoxy groups -OCH3 is 1. The van der Waals surface area contributed by atoms with Crippen LogP contribution in [0.2, 0.25) is 0 Å². The second kappa shape index (κ2) is 9.03. The molecule has 7 nitrogen and oxygen atoms in total. The summed E-state index contributed by atoms with van der Waals surface area (Å²) in [4.78, 5) is 19.4. The van der Waals surface area contributed by atoms with Crippen molar-refractivity contribution in [2.24, 2.45) is 5.11 Å². The molecule has 0 radical (unpaired) electrons. The molecule has 3 aromatic rings. The van der Waals surface area contributed by atoms with Crippen LogP contribution in [0.5, 0.6) is 5.75 Å². The molecule has 28 heavy (non-hydrogen) atoms. The SMILES string of the molecule is COC(=O)c1cc(Br)nc(-c2ccccc2OCc2ccccc2)c1N=[N+]=[N-]. The molecule has 0 amide bonds. The fourth-order valence-corrected chi connectivity index (χ4v) is 3.04. The lowest BCUT2D eigenvalue weighted by atomic mass is 10.1. The average Bonchev–Trinajstić information content (AvgIpc) is 2.73. The molecule has 1 aromatic heterocycles. The quantitative estimate of drug-likeness (QED) is 0.159. The van der Waals surface area contributed by atoms with Crippen molar-refractivity contribution in [3.8, 4) is 17.0 Å². The van der Waals surface area contributed by atoms with Gasteiger partial charge in [-0.3, -0.25) is 0 Å². The third-order valence-electron chi connectivity index (χ3n) is 3.89. The molecule has 0 aliphatic carbocycles. The maximum Gasteiger partial charge on any atom is 0.338 e.